The highest BCUT2D eigenvalue weighted by atomic mass is 16.3. The van der Waals surface area contributed by atoms with Gasteiger partial charge in [0.25, 0.3) is 0 Å². The second-order valence-corrected chi connectivity index (χ2v) is 4.92. The fourth-order valence-electron chi connectivity index (χ4n) is 2.84. The van der Waals surface area contributed by atoms with Gasteiger partial charge in [0.1, 0.15) is 6.23 Å². The average Bonchev–Trinajstić information content (AvgIpc) is 2.66. The maximum Gasteiger partial charge on any atom is 0.234 e. The van der Waals surface area contributed by atoms with Gasteiger partial charge < -0.3 is 10.8 Å². The number of piperidine rings is 1. The van der Waals surface area contributed by atoms with Crippen molar-refractivity contribution >= 4 is 5.91 Å². The third-order valence-corrected chi connectivity index (χ3v) is 3.67. The first-order valence-corrected chi connectivity index (χ1v) is 6.11. The predicted molar refractivity (Wildman–Crippen MR) is 60.5 cm³/mol. The number of carbonyl (C=O) groups excluding carboxylic acids is 1. The van der Waals surface area contributed by atoms with E-state index in [9.17, 15) is 9.90 Å². The molecule has 5 heteroatoms. The number of carbonyl (C=O) groups is 1. The normalized spacial score (nSPS) is 36.4. The monoisotopic (exact) mass is 227 g/mol. The molecule has 2 unspecified atom stereocenters. The van der Waals surface area contributed by atoms with Gasteiger partial charge in [-0.1, -0.05) is 0 Å². The molecule has 3 atom stereocenters. The van der Waals surface area contributed by atoms with Crippen LogP contribution in [0.5, 0.6) is 0 Å². The first-order chi connectivity index (χ1) is 7.66. The van der Waals surface area contributed by atoms with Gasteiger partial charge >= 0.3 is 0 Å². The molecule has 2 rings (SSSR count). The van der Waals surface area contributed by atoms with Gasteiger partial charge in [-0.25, -0.2) is 0 Å². The van der Waals surface area contributed by atoms with Crippen LogP contribution in [0.3, 0.4) is 0 Å². The SMILES string of the molecule is NC(=O)[C@@H]1CCCN1CC1CCNC(O)C1. The van der Waals surface area contributed by atoms with Crippen molar-refractivity contribution < 1.29 is 9.90 Å². The number of aliphatic hydroxyl groups is 1. The summed E-state index contributed by atoms with van der Waals surface area (Å²) in [5.74, 6) is 0.281. The van der Waals surface area contributed by atoms with Gasteiger partial charge in [-0.05, 0) is 44.7 Å². The van der Waals surface area contributed by atoms with E-state index in [-0.39, 0.29) is 18.2 Å². The maximum absolute atomic E-state index is 11.2. The molecule has 92 valence electrons. The lowest BCUT2D eigenvalue weighted by molar-refractivity contribution is -0.122. The molecule has 4 N–H and O–H groups in total. The van der Waals surface area contributed by atoms with E-state index in [2.05, 4.69) is 10.2 Å². The van der Waals surface area contributed by atoms with Crippen molar-refractivity contribution in [1.82, 2.24) is 10.2 Å². The molecule has 0 radical (unpaired) electrons. The van der Waals surface area contributed by atoms with Gasteiger partial charge in [-0.2, -0.15) is 0 Å². The lowest BCUT2D eigenvalue weighted by Crippen LogP contribution is -2.46. The number of amides is 1. The van der Waals surface area contributed by atoms with Gasteiger partial charge in [0.15, 0.2) is 0 Å². The summed E-state index contributed by atoms with van der Waals surface area (Å²) in [6.07, 6.45) is 3.42. The number of hydrogen-bond donors (Lipinski definition) is 3. The van der Waals surface area contributed by atoms with Crippen LogP contribution >= 0.6 is 0 Å². The van der Waals surface area contributed by atoms with Gasteiger partial charge in [0, 0.05) is 6.54 Å². The topological polar surface area (TPSA) is 78.6 Å². The van der Waals surface area contributed by atoms with Crippen molar-refractivity contribution in [2.45, 2.75) is 38.0 Å². The Morgan fingerprint density at radius 2 is 2.31 bits per heavy atom. The van der Waals surface area contributed by atoms with E-state index in [4.69, 9.17) is 5.73 Å². The minimum Gasteiger partial charge on any atom is -0.379 e. The van der Waals surface area contributed by atoms with Crippen molar-refractivity contribution in [1.29, 1.82) is 0 Å². The standard InChI is InChI=1S/C11H21N3O2/c12-11(16)9-2-1-5-14(9)7-8-3-4-13-10(15)6-8/h8-10,13,15H,1-7H2,(H2,12,16)/t8?,9-,10?/m0/s1. The van der Waals surface area contributed by atoms with Gasteiger partial charge in [0.05, 0.1) is 6.04 Å². The van der Waals surface area contributed by atoms with Crippen LogP contribution in [-0.4, -0.2) is 47.8 Å². The Labute approximate surface area is 96.0 Å². The molecule has 16 heavy (non-hydrogen) atoms. The fourth-order valence-corrected chi connectivity index (χ4v) is 2.84. The van der Waals surface area contributed by atoms with Crippen molar-refractivity contribution in [3.05, 3.63) is 0 Å². The first-order valence-electron chi connectivity index (χ1n) is 6.11. The fraction of sp³-hybridized carbons (Fsp3) is 0.909. The summed E-state index contributed by atoms with van der Waals surface area (Å²) >= 11 is 0. The van der Waals surface area contributed by atoms with Gasteiger partial charge in [-0.15, -0.1) is 0 Å². The van der Waals surface area contributed by atoms with E-state index >= 15 is 0 Å². The van der Waals surface area contributed by atoms with Crippen LogP contribution in [0.2, 0.25) is 0 Å². The summed E-state index contributed by atoms with van der Waals surface area (Å²) in [6.45, 7) is 2.72. The molecular weight excluding hydrogens is 206 g/mol. The molecular formula is C11H21N3O2. The molecule has 2 saturated heterocycles. The van der Waals surface area contributed by atoms with Crippen LogP contribution in [0.1, 0.15) is 25.7 Å². The van der Waals surface area contributed by atoms with Crippen LogP contribution in [0.25, 0.3) is 0 Å². The minimum absolute atomic E-state index is 0.0768. The third kappa shape index (κ3) is 2.72. The van der Waals surface area contributed by atoms with E-state index in [1.54, 1.807) is 0 Å². The highest BCUT2D eigenvalue weighted by Crippen LogP contribution is 2.22. The molecule has 2 aliphatic rings. The van der Waals surface area contributed by atoms with Crippen LogP contribution in [-0.2, 0) is 4.79 Å². The van der Waals surface area contributed by atoms with Gasteiger partial charge in [-0.3, -0.25) is 15.0 Å². The summed E-state index contributed by atoms with van der Waals surface area (Å²) in [4.78, 5) is 13.4. The molecule has 0 aromatic rings. The molecule has 2 heterocycles. The Balaban J connectivity index is 1.86. The summed E-state index contributed by atoms with van der Waals surface area (Å²) in [5.41, 5.74) is 5.38. The number of nitrogens with one attached hydrogen (secondary N) is 1. The summed E-state index contributed by atoms with van der Waals surface area (Å²) in [5, 5.41) is 12.5. The molecule has 0 aliphatic carbocycles. The second kappa shape index (κ2) is 5.12. The first kappa shape index (κ1) is 11.8. The Bertz CT molecular complexity index is 260. The molecule has 0 bridgehead atoms. The van der Waals surface area contributed by atoms with E-state index in [1.807, 2.05) is 0 Å². The lowest BCUT2D eigenvalue weighted by atomic mass is 9.96. The van der Waals surface area contributed by atoms with Crippen LogP contribution in [0.4, 0.5) is 0 Å². The Morgan fingerprint density at radius 3 is 3.00 bits per heavy atom. The molecule has 2 aliphatic heterocycles. The molecule has 1 amide bonds. The third-order valence-electron chi connectivity index (χ3n) is 3.67. The van der Waals surface area contributed by atoms with E-state index in [0.29, 0.717) is 5.92 Å². The zero-order valence-electron chi connectivity index (χ0n) is 9.56. The zero-order chi connectivity index (χ0) is 11.5. The smallest absolute Gasteiger partial charge is 0.234 e. The molecule has 0 aromatic heterocycles. The van der Waals surface area contributed by atoms with Crippen LogP contribution < -0.4 is 11.1 Å². The van der Waals surface area contributed by atoms with Gasteiger partial charge in [0.2, 0.25) is 5.91 Å². The number of hydrogen-bond acceptors (Lipinski definition) is 4. The summed E-state index contributed by atoms with van der Waals surface area (Å²) in [7, 11) is 0. The number of likely N-dealkylation sites (tertiary alicyclic amines) is 1. The van der Waals surface area contributed by atoms with Crippen LogP contribution in [0.15, 0.2) is 0 Å². The molecule has 0 aromatic carbocycles. The Kier molecular flexibility index (Phi) is 3.78. The van der Waals surface area contributed by atoms with Crippen molar-refractivity contribution in [3.8, 4) is 0 Å². The average molecular weight is 227 g/mol. The van der Waals surface area contributed by atoms with E-state index in [1.165, 1.54) is 0 Å². The summed E-state index contributed by atoms with van der Waals surface area (Å²) in [6, 6.07) is -0.0768. The highest BCUT2D eigenvalue weighted by Gasteiger charge is 2.31. The number of nitrogens with two attached hydrogens (primary N) is 1. The number of primary amides is 1. The quantitative estimate of drug-likeness (QED) is 0.593. The number of rotatable bonds is 3. The Morgan fingerprint density at radius 1 is 1.50 bits per heavy atom. The van der Waals surface area contributed by atoms with E-state index < -0.39 is 0 Å². The highest BCUT2D eigenvalue weighted by molar-refractivity contribution is 5.80. The lowest BCUT2D eigenvalue weighted by Gasteiger charge is -2.32. The maximum atomic E-state index is 11.2. The van der Waals surface area contributed by atoms with Crippen molar-refractivity contribution in [3.63, 3.8) is 0 Å². The molecule has 0 saturated carbocycles. The predicted octanol–water partition coefficient (Wildman–Crippen LogP) is -0.746. The minimum atomic E-state index is -0.381. The van der Waals surface area contributed by atoms with Crippen molar-refractivity contribution in [2.24, 2.45) is 11.7 Å². The number of nitrogens with zero attached hydrogens (tertiary/aromatic N) is 1. The largest absolute Gasteiger partial charge is 0.379 e. The number of aliphatic hydroxyl groups excluding tert-OH is 1. The second-order valence-electron chi connectivity index (χ2n) is 4.92. The Hall–Kier alpha value is -0.650. The molecule has 5 nitrogen and oxygen atoms in total. The van der Waals surface area contributed by atoms with E-state index in [0.717, 1.165) is 45.3 Å². The zero-order valence-corrected chi connectivity index (χ0v) is 9.56. The summed E-state index contributed by atoms with van der Waals surface area (Å²) < 4.78 is 0. The van der Waals surface area contributed by atoms with Crippen LogP contribution in [0, 0.1) is 5.92 Å². The molecule has 0 spiro atoms. The molecule has 2 fully saturated rings. The van der Waals surface area contributed by atoms with Crippen molar-refractivity contribution in [2.75, 3.05) is 19.6 Å².